The molecule has 0 bridgehead atoms. The van der Waals surface area contributed by atoms with Crippen LogP contribution in [0, 0.1) is 0 Å². The van der Waals surface area contributed by atoms with E-state index < -0.39 is 0 Å². The van der Waals surface area contributed by atoms with Crippen LogP contribution in [0.4, 0.5) is 0 Å². The first-order valence-electron chi connectivity index (χ1n) is 18.0. The van der Waals surface area contributed by atoms with Gasteiger partial charge >= 0.3 is 0 Å². The van der Waals surface area contributed by atoms with Crippen molar-refractivity contribution in [2.24, 2.45) is 0 Å². The van der Waals surface area contributed by atoms with Gasteiger partial charge in [-0.15, -0.1) is 0 Å². The van der Waals surface area contributed by atoms with Crippen molar-refractivity contribution in [1.82, 2.24) is 8.97 Å². The van der Waals surface area contributed by atoms with Crippen LogP contribution in [0.15, 0.2) is 179 Å². The molecule has 4 heteroatoms. The summed E-state index contributed by atoms with van der Waals surface area (Å²) in [6.45, 7) is 0. The predicted molar refractivity (Wildman–Crippen MR) is 220 cm³/mol. The maximum absolute atomic E-state index is 13.9. The Morgan fingerprint density at radius 1 is 0.396 bits per heavy atom. The summed E-state index contributed by atoms with van der Waals surface area (Å²) in [5.74, 6) is 0. The molecule has 0 aliphatic rings. The van der Waals surface area contributed by atoms with Crippen LogP contribution in [0.2, 0.25) is 0 Å². The molecule has 4 nitrogen and oxygen atoms in total. The molecule has 12 aromatic rings. The maximum Gasteiger partial charge on any atom is 0.263 e. The predicted octanol–water partition coefficient (Wildman–Crippen LogP) is 12.5. The number of para-hydroxylation sites is 4. The Morgan fingerprint density at radius 2 is 1.00 bits per heavy atom. The van der Waals surface area contributed by atoms with Crippen molar-refractivity contribution >= 4 is 81.7 Å². The van der Waals surface area contributed by atoms with E-state index in [1.54, 1.807) is 0 Å². The van der Waals surface area contributed by atoms with E-state index in [1.807, 2.05) is 34.7 Å². The van der Waals surface area contributed by atoms with Gasteiger partial charge < -0.3 is 8.98 Å². The molecule has 4 heterocycles. The number of benzene rings is 8. The summed E-state index contributed by atoms with van der Waals surface area (Å²) in [4.78, 5) is 13.9. The van der Waals surface area contributed by atoms with Gasteiger partial charge in [-0.3, -0.25) is 9.20 Å². The normalized spacial score (nSPS) is 12.2. The average molecular weight is 677 g/mol. The molecule has 0 fully saturated rings. The van der Waals surface area contributed by atoms with Crippen LogP contribution in [0.5, 0.6) is 0 Å². The molecule has 0 unspecified atom stereocenters. The van der Waals surface area contributed by atoms with Gasteiger partial charge in [0.1, 0.15) is 11.2 Å². The minimum Gasteiger partial charge on any atom is -0.455 e. The highest BCUT2D eigenvalue weighted by atomic mass is 16.3. The monoisotopic (exact) mass is 676 g/mol. The van der Waals surface area contributed by atoms with Crippen LogP contribution < -0.4 is 5.56 Å². The fraction of sp³-hybridized carbons (Fsp3) is 0. The Balaban J connectivity index is 1.03. The molecule has 0 aliphatic carbocycles. The molecular formula is C49H28N2O2. The molecule has 0 amide bonds. The molecular weight excluding hydrogens is 649 g/mol. The van der Waals surface area contributed by atoms with Gasteiger partial charge in [0.25, 0.3) is 5.56 Å². The second-order valence-corrected chi connectivity index (χ2v) is 14.0. The molecule has 0 aliphatic heterocycles. The minimum absolute atomic E-state index is 0.0258. The zero-order chi connectivity index (χ0) is 34.8. The SMILES string of the molecule is O=c1c2ccccc2c2cccc3c4cc(-c5cccc(-n6c7ccccc7c7cc(-c8cccc9c8oc8ccccc89)ccc76)c5)ccc4n1c23. The third-order valence-electron chi connectivity index (χ3n) is 11.3. The molecule has 0 radical (unpaired) electrons. The van der Waals surface area contributed by atoms with Crippen molar-refractivity contribution in [1.29, 1.82) is 0 Å². The van der Waals surface area contributed by atoms with Gasteiger partial charge in [-0.2, -0.15) is 0 Å². The topological polar surface area (TPSA) is 39.5 Å². The smallest absolute Gasteiger partial charge is 0.263 e. The van der Waals surface area contributed by atoms with E-state index in [0.717, 1.165) is 98.9 Å². The largest absolute Gasteiger partial charge is 0.455 e. The Labute approximate surface area is 302 Å². The Hall–Kier alpha value is -7.17. The second-order valence-electron chi connectivity index (χ2n) is 14.0. The summed E-state index contributed by atoms with van der Waals surface area (Å²) >= 11 is 0. The minimum atomic E-state index is 0.0258. The standard InChI is InChI=1S/C49H28N2O2/c52-49-40-15-2-1-12-34(40)37-17-9-18-38-42-27-30(22-24-45(42)51(49)47(37)38)29-10-7-11-32(26-29)50-43-20-5-3-13-35(43)41-28-31(23-25-44(41)50)33-16-8-19-39-36-14-4-6-21-46(36)53-48(33)39/h1-28H. The third-order valence-corrected chi connectivity index (χ3v) is 11.3. The molecule has 0 N–H and O–H groups in total. The fourth-order valence-electron chi connectivity index (χ4n) is 8.92. The quantitative estimate of drug-likeness (QED) is 0.175. The number of fused-ring (bicyclic) bond motifs is 11. The summed E-state index contributed by atoms with van der Waals surface area (Å²) in [7, 11) is 0. The molecule has 0 saturated heterocycles. The van der Waals surface area contributed by atoms with E-state index >= 15 is 0 Å². The van der Waals surface area contributed by atoms with Gasteiger partial charge in [0.2, 0.25) is 0 Å². The van der Waals surface area contributed by atoms with Gasteiger partial charge in [-0.25, -0.2) is 0 Å². The van der Waals surface area contributed by atoms with Crippen LogP contribution in [0.1, 0.15) is 0 Å². The number of hydrogen-bond acceptors (Lipinski definition) is 2. The van der Waals surface area contributed by atoms with E-state index in [0.29, 0.717) is 0 Å². The third kappa shape index (κ3) is 3.87. The van der Waals surface area contributed by atoms with Crippen molar-refractivity contribution in [3.05, 3.63) is 180 Å². The molecule has 12 rings (SSSR count). The molecule has 0 atom stereocenters. The van der Waals surface area contributed by atoms with Gasteiger partial charge in [-0.1, -0.05) is 115 Å². The molecule has 0 spiro atoms. The first-order valence-corrected chi connectivity index (χ1v) is 18.0. The Kier molecular flexibility index (Phi) is 5.62. The number of pyridine rings is 1. The summed E-state index contributed by atoms with van der Waals surface area (Å²) in [6.07, 6.45) is 0. The van der Waals surface area contributed by atoms with Crippen LogP contribution in [-0.4, -0.2) is 8.97 Å². The zero-order valence-electron chi connectivity index (χ0n) is 28.4. The number of hydrogen-bond donors (Lipinski definition) is 0. The zero-order valence-corrected chi connectivity index (χ0v) is 28.4. The van der Waals surface area contributed by atoms with E-state index in [-0.39, 0.29) is 5.56 Å². The summed E-state index contributed by atoms with van der Waals surface area (Å²) in [5, 5.41) is 9.67. The highest BCUT2D eigenvalue weighted by molar-refractivity contribution is 6.20. The first kappa shape index (κ1) is 28.5. The van der Waals surface area contributed by atoms with Crippen molar-refractivity contribution < 1.29 is 4.42 Å². The van der Waals surface area contributed by atoms with E-state index in [4.69, 9.17) is 4.42 Å². The lowest BCUT2D eigenvalue weighted by Crippen LogP contribution is -2.12. The highest BCUT2D eigenvalue weighted by Gasteiger charge is 2.19. The summed E-state index contributed by atoms with van der Waals surface area (Å²) < 4.78 is 10.7. The van der Waals surface area contributed by atoms with E-state index in [1.165, 1.54) is 10.8 Å². The fourth-order valence-corrected chi connectivity index (χ4v) is 8.92. The van der Waals surface area contributed by atoms with Crippen molar-refractivity contribution in [2.45, 2.75) is 0 Å². The van der Waals surface area contributed by atoms with Crippen LogP contribution >= 0.6 is 0 Å². The van der Waals surface area contributed by atoms with Crippen molar-refractivity contribution in [3.63, 3.8) is 0 Å². The van der Waals surface area contributed by atoms with Gasteiger partial charge in [-0.05, 0) is 76.7 Å². The number of aromatic nitrogens is 2. The Morgan fingerprint density at radius 3 is 1.91 bits per heavy atom. The molecule has 8 aromatic carbocycles. The van der Waals surface area contributed by atoms with Crippen molar-refractivity contribution in [3.8, 4) is 27.9 Å². The van der Waals surface area contributed by atoms with Gasteiger partial charge in [0.05, 0.1) is 22.1 Å². The first-order chi connectivity index (χ1) is 26.2. The molecule has 53 heavy (non-hydrogen) atoms. The van der Waals surface area contributed by atoms with E-state index in [2.05, 4.69) is 144 Å². The molecule has 0 saturated carbocycles. The van der Waals surface area contributed by atoms with Gasteiger partial charge in [0, 0.05) is 54.3 Å². The van der Waals surface area contributed by atoms with Crippen molar-refractivity contribution in [2.75, 3.05) is 0 Å². The molecule has 246 valence electrons. The Bertz CT molecular complexity index is 3550. The van der Waals surface area contributed by atoms with E-state index in [9.17, 15) is 4.79 Å². The van der Waals surface area contributed by atoms with Gasteiger partial charge in [0.15, 0.2) is 0 Å². The number of furan rings is 1. The lowest BCUT2D eigenvalue weighted by atomic mass is 10.00. The average Bonchev–Trinajstić information content (AvgIpc) is 3.88. The number of nitrogens with zero attached hydrogens (tertiary/aromatic N) is 2. The second kappa shape index (κ2) is 10.4. The lowest BCUT2D eigenvalue weighted by Gasteiger charge is -2.11. The van der Waals surface area contributed by atoms with Crippen LogP contribution in [0.25, 0.3) is 110 Å². The lowest BCUT2D eigenvalue weighted by molar-refractivity contribution is 0.670. The van der Waals surface area contributed by atoms with Crippen LogP contribution in [0.3, 0.4) is 0 Å². The number of rotatable bonds is 3. The summed E-state index contributed by atoms with van der Waals surface area (Å²) in [5.41, 5.74) is 11.6. The summed E-state index contributed by atoms with van der Waals surface area (Å²) in [6, 6.07) is 59.7. The maximum atomic E-state index is 13.9. The highest BCUT2D eigenvalue weighted by Crippen LogP contribution is 2.41. The molecule has 4 aromatic heterocycles. The van der Waals surface area contributed by atoms with Crippen LogP contribution in [-0.2, 0) is 0 Å².